The SMILES string of the molecule is CCCC1CC(NC(C)C)(c2nc3c(s2)CCC3)CCO1. The molecule has 0 amide bonds. The summed E-state index contributed by atoms with van der Waals surface area (Å²) in [5, 5.41) is 5.18. The maximum atomic E-state index is 5.99. The van der Waals surface area contributed by atoms with Crippen LogP contribution in [0.5, 0.6) is 0 Å². The van der Waals surface area contributed by atoms with Crippen molar-refractivity contribution in [2.75, 3.05) is 6.61 Å². The molecule has 2 heterocycles. The Morgan fingerprint density at radius 1 is 1.43 bits per heavy atom. The van der Waals surface area contributed by atoms with Crippen molar-refractivity contribution in [2.45, 2.75) is 83.4 Å². The van der Waals surface area contributed by atoms with Gasteiger partial charge in [-0.15, -0.1) is 11.3 Å². The van der Waals surface area contributed by atoms with Crippen LogP contribution in [0, 0.1) is 0 Å². The van der Waals surface area contributed by atoms with Gasteiger partial charge >= 0.3 is 0 Å². The van der Waals surface area contributed by atoms with E-state index in [0.717, 1.165) is 25.9 Å². The van der Waals surface area contributed by atoms with Crippen molar-refractivity contribution in [1.82, 2.24) is 10.3 Å². The predicted octanol–water partition coefficient (Wildman–Crippen LogP) is 3.80. The molecule has 1 aromatic heterocycles. The summed E-state index contributed by atoms with van der Waals surface area (Å²) in [6.45, 7) is 7.59. The number of thiazole rings is 1. The lowest BCUT2D eigenvalue weighted by molar-refractivity contribution is -0.0371. The van der Waals surface area contributed by atoms with Gasteiger partial charge in [-0.2, -0.15) is 0 Å². The van der Waals surface area contributed by atoms with E-state index in [1.807, 2.05) is 11.3 Å². The Balaban J connectivity index is 1.88. The summed E-state index contributed by atoms with van der Waals surface area (Å²) in [6.07, 6.45) is 8.57. The van der Waals surface area contributed by atoms with Crippen molar-refractivity contribution in [3.05, 3.63) is 15.6 Å². The van der Waals surface area contributed by atoms with Gasteiger partial charge in [0.1, 0.15) is 5.01 Å². The minimum Gasteiger partial charge on any atom is -0.378 e. The fourth-order valence-corrected chi connectivity index (χ4v) is 5.13. The third kappa shape index (κ3) is 3.17. The van der Waals surface area contributed by atoms with Gasteiger partial charge in [0, 0.05) is 17.5 Å². The Morgan fingerprint density at radius 2 is 2.29 bits per heavy atom. The largest absolute Gasteiger partial charge is 0.378 e. The molecule has 2 atom stereocenters. The van der Waals surface area contributed by atoms with Gasteiger partial charge in [0.25, 0.3) is 0 Å². The molecular weight excluding hydrogens is 280 g/mol. The smallest absolute Gasteiger partial charge is 0.113 e. The monoisotopic (exact) mass is 308 g/mol. The molecular formula is C17H28N2OS. The number of hydrogen-bond acceptors (Lipinski definition) is 4. The van der Waals surface area contributed by atoms with Crippen molar-refractivity contribution in [3.63, 3.8) is 0 Å². The van der Waals surface area contributed by atoms with Gasteiger partial charge in [-0.05, 0) is 52.4 Å². The lowest BCUT2D eigenvalue weighted by Gasteiger charge is -2.41. The van der Waals surface area contributed by atoms with Gasteiger partial charge in [0.05, 0.1) is 17.3 Å². The minimum atomic E-state index is 0.0429. The summed E-state index contributed by atoms with van der Waals surface area (Å²) in [5.74, 6) is 0. The second-order valence-corrected chi connectivity index (χ2v) is 7.94. The fraction of sp³-hybridized carbons (Fsp3) is 0.824. The standard InChI is InChI=1S/C17H28N2OS/c1-4-6-13-11-17(9-10-20-13,19-12(2)3)16-18-14-7-5-8-15(14)21-16/h12-13,19H,4-11H2,1-3H3. The molecule has 1 aromatic rings. The van der Waals surface area contributed by atoms with Crippen LogP contribution < -0.4 is 5.32 Å². The molecule has 3 nitrogen and oxygen atoms in total. The van der Waals surface area contributed by atoms with Crippen LogP contribution in [0.4, 0.5) is 0 Å². The summed E-state index contributed by atoms with van der Waals surface area (Å²) >= 11 is 1.96. The van der Waals surface area contributed by atoms with Crippen LogP contribution in [0.3, 0.4) is 0 Å². The van der Waals surface area contributed by atoms with Crippen LogP contribution in [0.15, 0.2) is 0 Å². The fourth-order valence-electron chi connectivity index (χ4n) is 3.79. The van der Waals surface area contributed by atoms with Gasteiger partial charge in [0.2, 0.25) is 0 Å². The Morgan fingerprint density at radius 3 is 3.00 bits per heavy atom. The first kappa shape index (κ1) is 15.4. The lowest BCUT2D eigenvalue weighted by Crippen LogP contribution is -2.51. The molecule has 0 radical (unpaired) electrons. The van der Waals surface area contributed by atoms with E-state index in [4.69, 9.17) is 9.72 Å². The van der Waals surface area contributed by atoms with Gasteiger partial charge in [-0.1, -0.05) is 13.3 Å². The van der Waals surface area contributed by atoms with Crippen molar-refractivity contribution >= 4 is 11.3 Å². The number of ether oxygens (including phenoxy) is 1. The highest BCUT2D eigenvalue weighted by Gasteiger charge is 2.41. The van der Waals surface area contributed by atoms with E-state index in [1.54, 1.807) is 0 Å². The Kier molecular flexibility index (Phi) is 4.67. The second-order valence-electron chi connectivity index (χ2n) is 6.86. The molecule has 2 unspecified atom stereocenters. The number of aromatic nitrogens is 1. The number of nitrogens with one attached hydrogen (secondary N) is 1. The van der Waals surface area contributed by atoms with Crippen LogP contribution in [-0.4, -0.2) is 23.7 Å². The van der Waals surface area contributed by atoms with E-state index >= 15 is 0 Å². The van der Waals surface area contributed by atoms with E-state index in [1.165, 1.54) is 41.3 Å². The number of fused-ring (bicyclic) bond motifs is 1. The molecule has 0 bridgehead atoms. The molecule has 118 valence electrons. The van der Waals surface area contributed by atoms with E-state index < -0.39 is 0 Å². The molecule has 1 aliphatic carbocycles. The van der Waals surface area contributed by atoms with Gasteiger partial charge in [-0.25, -0.2) is 4.98 Å². The molecule has 1 aliphatic heterocycles. The molecule has 2 aliphatic rings. The molecule has 3 rings (SSSR count). The summed E-state index contributed by atoms with van der Waals surface area (Å²) in [6, 6.07) is 0.476. The van der Waals surface area contributed by atoms with Crippen LogP contribution in [-0.2, 0) is 23.1 Å². The maximum Gasteiger partial charge on any atom is 0.113 e. The predicted molar refractivity (Wildman–Crippen MR) is 88.0 cm³/mol. The molecule has 21 heavy (non-hydrogen) atoms. The first-order chi connectivity index (χ1) is 10.1. The van der Waals surface area contributed by atoms with E-state index in [0.29, 0.717) is 12.1 Å². The number of rotatable bonds is 5. The van der Waals surface area contributed by atoms with Gasteiger partial charge in [-0.3, -0.25) is 0 Å². The summed E-state index contributed by atoms with van der Waals surface area (Å²) in [7, 11) is 0. The summed E-state index contributed by atoms with van der Waals surface area (Å²) < 4.78 is 5.99. The van der Waals surface area contributed by atoms with Crippen LogP contribution in [0.25, 0.3) is 0 Å². The molecule has 0 spiro atoms. The topological polar surface area (TPSA) is 34.2 Å². The maximum absolute atomic E-state index is 5.99. The zero-order valence-electron chi connectivity index (χ0n) is 13.6. The molecule has 0 saturated carbocycles. The third-order valence-electron chi connectivity index (χ3n) is 4.64. The quantitative estimate of drug-likeness (QED) is 0.898. The average molecular weight is 308 g/mol. The molecule has 4 heteroatoms. The van der Waals surface area contributed by atoms with E-state index in [2.05, 4.69) is 26.1 Å². The van der Waals surface area contributed by atoms with E-state index in [-0.39, 0.29) is 5.54 Å². The Hall–Kier alpha value is -0.450. The first-order valence-corrected chi connectivity index (χ1v) is 9.33. The highest BCUT2D eigenvalue weighted by atomic mass is 32.1. The number of nitrogens with zero attached hydrogens (tertiary/aromatic N) is 1. The second kappa shape index (κ2) is 6.35. The van der Waals surface area contributed by atoms with Crippen molar-refractivity contribution in [3.8, 4) is 0 Å². The van der Waals surface area contributed by atoms with Crippen molar-refractivity contribution in [2.24, 2.45) is 0 Å². The Labute approximate surface area is 132 Å². The highest BCUT2D eigenvalue weighted by Crippen LogP contribution is 2.41. The van der Waals surface area contributed by atoms with Crippen molar-refractivity contribution < 1.29 is 4.74 Å². The molecule has 0 aromatic carbocycles. The van der Waals surface area contributed by atoms with Crippen LogP contribution >= 0.6 is 11.3 Å². The van der Waals surface area contributed by atoms with E-state index in [9.17, 15) is 0 Å². The molecule has 1 N–H and O–H groups in total. The average Bonchev–Trinajstić information content (AvgIpc) is 2.99. The van der Waals surface area contributed by atoms with Crippen molar-refractivity contribution in [1.29, 1.82) is 0 Å². The highest BCUT2D eigenvalue weighted by molar-refractivity contribution is 7.12. The lowest BCUT2D eigenvalue weighted by atomic mass is 9.85. The first-order valence-electron chi connectivity index (χ1n) is 8.51. The summed E-state index contributed by atoms with van der Waals surface area (Å²) in [4.78, 5) is 6.57. The number of hydrogen-bond donors (Lipinski definition) is 1. The Bertz CT molecular complexity index is 462. The van der Waals surface area contributed by atoms with Crippen LogP contribution in [0.2, 0.25) is 0 Å². The summed E-state index contributed by atoms with van der Waals surface area (Å²) in [5.41, 5.74) is 1.42. The zero-order valence-corrected chi connectivity index (χ0v) is 14.4. The van der Waals surface area contributed by atoms with Gasteiger partial charge < -0.3 is 10.1 Å². The number of aryl methyl sites for hydroxylation is 2. The normalized spacial score (nSPS) is 29.0. The van der Waals surface area contributed by atoms with Gasteiger partial charge in [0.15, 0.2) is 0 Å². The third-order valence-corrected chi connectivity index (χ3v) is 6.00. The van der Waals surface area contributed by atoms with Crippen LogP contribution in [0.1, 0.15) is 68.5 Å². The molecule has 1 fully saturated rings. The zero-order chi connectivity index (χ0) is 14.9. The minimum absolute atomic E-state index is 0.0429. The molecule has 1 saturated heterocycles.